The van der Waals surface area contributed by atoms with Crippen LogP contribution in [0.25, 0.3) is 0 Å². The maximum Gasteiger partial charge on any atom is 0.239 e. The van der Waals surface area contributed by atoms with E-state index in [4.69, 9.17) is 15.7 Å². The summed E-state index contributed by atoms with van der Waals surface area (Å²) in [6.45, 7) is 5.92. The van der Waals surface area contributed by atoms with Gasteiger partial charge in [0.2, 0.25) is 5.88 Å². The minimum absolute atomic E-state index is 0.307. The number of nitrogens with zero attached hydrogens (tertiary/aromatic N) is 2. The normalized spacial score (nSPS) is 10.8. The van der Waals surface area contributed by atoms with Gasteiger partial charge in [0.15, 0.2) is 0 Å². The van der Waals surface area contributed by atoms with Gasteiger partial charge < -0.3 is 10.5 Å². The summed E-state index contributed by atoms with van der Waals surface area (Å²) in [5, 5.41) is 8.79. The fraction of sp³-hybridized carbons (Fsp3) is 0.455. The predicted molar refractivity (Wildman–Crippen MR) is 58.4 cm³/mol. The summed E-state index contributed by atoms with van der Waals surface area (Å²) in [4.78, 5) is 4.02. The first-order valence-electron chi connectivity index (χ1n) is 4.84. The highest BCUT2D eigenvalue weighted by molar-refractivity contribution is 5.59. The monoisotopic (exact) mass is 205 g/mol. The smallest absolute Gasteiger partial charge is 0.239 e. The average molecular weight is 205 g/mol. The van der Waals surface area contributed by atoms with Crippen LogP contribution in [-0.2, 0) is 0 Å². The topological polar surface area (TPSA) is 71.9 Å². The largest absolute Gasteiger partial charge is 0.470 e. The molecule has 0 aromatic carbocycles. The average Bonchev–Trinajstić information content (AvgIpc) is 2.21. The maximum atomic E-state index is 8.79. The number of pyridine rings is 1. The Bertz CT molecular complexity index is 393. The molecule has 0 saturated carbocycles. The standard InChI is InChI=1S/C11H15N3O/c1-4-11(2,3)15-10-9(13)8(7-12)5-6-14-10/h5-6H,4,13H2,1-3H3. The van der Waals surface area contributed by atoms with Gasteiger partial charge in [0.25, 0.3) is 0 Å². The first kappa shape index (κ1) is 11.3. The van der Waals surface area contributed by atoms with E-state index in [1.54, 1.807) is 6.07 Å². The van der Waals surface area contributed by atoms with Gasteiger partial charge in [0, 0.05) is 6.20 Å². The second kappa shape index (κ2) is 4.18. The summed E-state index contributed by atoms with van der Waals surface area (Å²) < 4.78 is 5.64. The van der Waals surface area contributed by atoms with Gasteiger partial charge in [0.05, 0.1) is 5.56 Å². The van der Waals surface area contributed by atoms with Crippen molar-refractivity contribution in [2.24, 2.45) is 0 Å². The molecular weight excluding hydrogens is 190 g/mol. The van der Waals surface area contributed by atoms with Gasteiger partial charge in [-0.3, -0.25) is 0 Å². The van der Waals surface area contributed by atoms with Gasteiger partial charge in [-0.05, 0) is 26.3 Å². The van der Waals surface area contributed by atoms with Gasteiger partial charge in [-0.1, -0.05) is 6.92 Å². The first-order chi connectivity index (χ1) is 7.00. The summed E-state index contributed by atoms with van der Waals surface area (Å²) in [6, 6.07) is 3.56. The molecule has 2 N–H and O–H groups in total. The molecule has 0 fully saturated rings. The summed E-state index contributed by atoms with van der Waals surface area (Å²) in [7, 11) is 0. The Labute approximate surface area is 89.7 Å². The Kier molecular flexibility index (Phi) is 3.15. The molecule has 0 saturated heterocycles. The molecule has 0 unspecified atom stereocenters. The highest BCUT2D eigenvalue weighted by Gasteiger charge is 2.19. The van der Waals surface area contributed by atoms with Crippen molar-refractivity contribution in [3.63, 3.8) is 0 Å². The predicted octanol–water partition coefficient (Wildman–Crippen LogP) is 2.10. The Balaban J connectivity index is 3.02. The van der Waals surface area contributed by atoms with Crippen molar-refractivity contribution in [1.82, 2.24) is 4.98 Å². The van der Waals surface area contributed by atoms with Gasteiger partial charge in [-0.15, -0.1) is 0 Å². The van der Waals surface area contributed by atoms with Crippen LogP contribution < -0.4 is 10.5 Å². The van der Waals surface area contributed by atoms with E-state index in [9.17, 15) is 0 Å². The lowest BCUT2D eigenvalue weighted by atomic mass is 10.1. The van der Waals surface area contributed by atoms with Gasteiger partial charge in [0.1, 0.15) is 17.4 Å². The molecule has 1 aromatic heterocycles. The van der Waals surface area contributed by atoms with Gasteiger partial charge in [-0.2, -0.15) is 5.26 Å². The van der Waals surface area contributed by atoms with E-state index in [1.165, 1.54) is 6.20 Å². The van der Waals surface area contributed by atoms with Crippen LogP contribution >= 0.6 is 0 Å². The Morgan fingerprint density at radius 2 is 2.27 bits per heavy atom. The third-order valence-electron chi connectivity index (χ3n) is 2.30. The summed E-state index contributed by atoms with van der Waals surface area (Å²) in [5.74, 6) is 0.334. The molecule has 0 aliphatic heterocycles. The van der Waals surface area contributed by atoms with Crippen molar-refractivity contribution in [2.45, 2.75) is 32.8 Å². The van der Waals surface area contributed by atoms with E-state index >= 15 is 0 Å². The van der Waals surface area contributed by atoms with Crippen LogP contribution in [0.2, 0.25) is 0 Å². The Hall–Kier alpha value is -1.76. The van der Waals surface area contributed by atoms with E-state index in [2.05, 4.69) is 4.98 Å². The Morgan fingerprint density at radius 1 is 1.60 bits per heavy atom. The van der Waals surface area contributed by atoms with E-state index in [0.29, 0.717) is 17.1 Å². The van der Waals surface area contributed by atoms with Crippen molar-refractivity contribution < 1.29 is 4.74 Å². The molecule has 0 aliphatic rings. The molecule has 1 aromatic rings. The number of hydrogen-bond donors (Lipinski definition) is 1. The molecule has 0 atom stereocenters. The lowest BCUT2D eigenvalue weighted by molar-refractivity contribution is 0.100. The summed E-state index contributed by atoms with van der Waals surface area (Å²) in [6.07, 6.45) is 2.36. The zero-order chi connectivity index (χ0) is 11.5. The molecule has 0 spiro atoms. The number of rotatable bonds is 3. The molecule has 4 heteroatoms. The van der Waals surface area contributed by atoms with E-state index in [1.807, 2.05) is 26.8 Å². The number of nitriles is 1. The first-order valence-corrected chi connectivity index (χ1v) is 4.84. The highest BCUT2D eigenvalue weighted by Crippen LogP contribution is 2.26. The number of aromatic nitrogens is 1. The summed E-state index contributed by atoms with van der Waals surface area (Å²) >= 11 is 0. The maximum absolute atomic E-state index is 8.79. The van der Waals surface area contributed by atoms with E-state index in [-0.39, 0.29) is 5.60 Å². The number of nitrogen functional groups attached to an aromatic ring is 1. The second-order valence-corrected chi connectivity index (χ2v) is 3.90. The quantitative estimate of drug-likeness (QED) is 0.820. The van der Waals surface area contributed by atoms with Crippen molar-refractivity contribution >= 4 is 5.69 Å². The van der Waals surface area contributed by atoms with Gasteiger partial charge >= 0.3 is 0 Å². The van der Waals surface area contributed by atoms with Crippen LogP contribution in [0.15, 0.2) is 12.3 Å². The van der Waals surface area contributed by atoms with Crippen molar-refractivity contribution in [3.8, 4) is 11.9 Å². The molecule has 1 heterocycles. The van der Waals surface area contributed by atoms with E-state index < -0.39 is 0 Å². The van der Waals surface area contributed by atoms with Crippen LogP contribution in [0.1, 0.15) is 32.8 Å². The number of hydrogen-bond acceptors (Lipinski definition) is 4. The minimum atomic E-state index is -0.324. The molecule has 4 nitrogen and oxygen atoms in total. The molecule has 0 aliphatic carbocycles. The fourth-order valence-corrected chi connectivity index (χ4v) is 0.967. The lowest BCUT2D eigenvalue weighted by Gasteiger charge is -2.24. The molecule has 0 bridgehead atoms. The van der Waals surface area contributed by atoms with Crippen molar-refractivity contribution in [2.75, 3.05) is 5.73 Å². The van der Waals surface area contributed by atoms with Crippen molar-refractivity contribution in [3.05, 3.63) is 17.8 Å². The molecule has 0 radical (unpaired) electrons. The molecule has 15 heavy (non-hydrogen) atoms. The molecule has 80 valence electrons. The van der Waals surface area contributed by atoms with Crippen LogP contribution in [0, 0.1) is 11.3 Å². The minimum Gasteiger partial charge on any atom is -0.470 e. The number of nitrogens with two attached hydrogens (primary N) is 1. The Morgan fingerprint density at radius 3 is 2.80 bits per heavy atom. The summed E-state index contributed by atoms with van der Waals surface area (Å²) in [5.41, 5.74) is 6.12. The lowest BCUT2D eigenvalue weighted by Crippen LogP contribution is -2.27. The van der Waals surface area contributed by atoms with Crippen LogP contribution in [0.4, 0.5) is 5.69 Å². The van der Waals surface area contributed by atoms with Crippen LogP contribution in [0.5, 0.6) is 5.88 Å². The number of ether oxygens (including phenoxy) is 1. The van der Waals surface area contributed by atoms with Crippen molar-refractivity contribution in [1.29, 1.82) is 5.26 Å². The SMILES string of the molecule is CCC(C)(C)Oc1nccc(C#N)c1N. The fourth-order valence-electron chi connectivity index (χ4n) is 0.967. The zero-order valence-corrected chi connectivity index (χ0v) is 9.24. The zero-order valence-electron chi connectivity index (χ0n) is 9.24. The van der Waals surface area contributed by atoms with E-state index in [0.717, 1.165) is 6.42 Å². The second-order valence-electron chi connectivity index (χ2n) is 3.90. The molecule has 1 rings (SSSR count). The number of anilines is 1. The third-order valence-corrected chi connectivity index (χ3v) is 2.30. The molecule has 0 amide bonds. The third kappa shape index (κ3) is 2.59. The van der Waals surface area contributed by atoms with Gasteiger partial charge in [-0.25, -0.2) is 4.98 Å². The molecular formula is C11H15N3O. The van der Waals surface area contributed by atoms with Crippen LogP contribution in [0.3, 0.4) is 0 Å². The highest BCUT2D eigenvalue weighted by atomic mass is 16.5. The van der Waals surface area contributed by atoms with Crippen LogP contribution in [-0.4, -0.2) is 10.6 Å².